The highest BCUT2D eigenvalue weighted by Gasteiger charge is 2.24. The predicted octanol–water partition coefficient (Wildman–Crippen LogP) is 3.97. The number of thioether (sulfide) groups is 1. The predicted molar refractivity (Wildman–Crippen MR) is 113 cm³/mol. The number of ether oxygens (including phenoxy) is 2. The Morgan fingerprint density at radius 3 is 2.67 bits per heavy atom. The molecule has 0 unspecified atom stereocenters. The van der Waals surface area contributed by atoms with Crippen molar-refractivity contribution in [1.82, 2.24) is 5.32 Å². The second-order valence-electron chi connectivity index (χ2n) is 6.09. The number of nitrogens with zero attached hydrogens (tertiary/aromatic N) is 1. The Morgan fingerprint density at radius 2 is 1.97 bits per heavy atom. The number of benzene rings is 2. The first-order chi connectivity index (χ1) is 14.4. The number of amides is 1. The third kappa shape index (κ3) is 5.84. The van der Waals surface area contributed by atoms with Gasteiger partial charge in [-0.2, -0.15) is 0 Å². The first kappa shape index (κ1) is 21.4. The molecule has 1 aliphatic rings. The van der Waals surface area contributed by atoms with Crippen LogP contribution in [-0.4, -0.2) is 35.4 Å². The van der Waals surface area contributed by atoms with Crippen molar-refractivity contribution >= 4 is 40.6 Å². The number of aliphatic carboxylic acids is 1. The van der Waals surface area contributed by atoms with Gasteiger partial charge in [-0.05, 0) is 66.7 Å². The highest BCUT2D eigenvalue weighted by Crippen LogP contribution is 2.32. The number of aliphatic imine (C=N–C) groups is 1. The fraction of sp³-hybridized carbons (Fsp3) is 0.190. The number of carboxylic acids is 1. The Balaban J connectivity index is 1.76. The molecule has 0 atom stereocenters. The van der Waals surface area contributed by atoms with Crippen molar-refractivity contribution in [1.29, 1.82) is 0 Å². The smallest absolute Gasteiger partial charge is 0.306 e. The quantitative estimate of drug-likeness (QED) is 0.615. The lowest BCUT2D eigenvalue weighted by Crippen LogP contribution is -2.19. The maximum Gasteiger partial charge on any atom is 0.306 e. The first-order valence-corrected chi connectivity index (χ1v) is 9.93. The monoisotopic (exact) mass is 430 g/mol. The summed E-state index contributed by atoms with van der Waals surface area (Å²) in [5.74, 6) is -0.705. The lowest BCUT2D eigenvalue weighted by molar-refractivity contribution is -0.137. The molecule has 1 heterocycles. The molecule has 0 radical (unpaired) electrons. The first-order valence-electron chi connectivity index (χ1n) is 9.11. The maximum absolute atomic E-state index is 13.0. The molecule has 2 aromatic rings. The molecule has 9 heteroatoms. The minimum Gasteiger partial charge on any atom is -0.490 e. The molecule has 7 nitrogen and oxygen atoms in total. The van der Waals surface area contributed by atoms with Crippen LogP contribution in [0.2, 0.25) is 0 Å². The van der Waals surface area contributed by atoms with Crippen LogP contribution in [0.3, 0.4) is 0 Å². The fourth-order valence-corrected chi connectivity index (χ4v) is 3.36. The van der Waals surface area contributed by atoms with Crippen LogP contribution in [0.5, 0.6) is 11.5 Å². The largest absolute Gasteiger partial charge is 0.490 e. The number of hydrogen-bond donors (Lipinski definition) is 2. The van der Waals surface area contributed by atoms with Gasteiger partial charge in [0.15, 0.2) is 16.7 Å². The summed E-state index contributed by atoms with van der Waals surface area (Å²) < 4.78 is 24.1. The van der Waals surface area contributed by atoms with E-state index in [0.29, 0.717) is 39.4 Å². The van der Waals surface area contributed by atoms with E-state index >= 15 is 0 Å². The van der Waals surface area contributed by atoms with Crippen molar-refractivity contribution in [3.8, 4) is 11.5 Å². The molecule has 0 spiro atoms. The highest BCUT2D eigenvalue weighted by atomic mass is 32.2. The van der Waals surface area contributed by atoms with Gasteiger partial charge in [0, 0.05) is 0 Å². The number of carboxylic acid groups (broad SMARTS) is 1. The number of amidine groups is 1. The molecule has 156 valence electrons. The summed E-state index contributed by atoms with van der Waals surface area (Å²) in [6.07, 6.45) is 1.57. The van der Waals surface area contributed by atoms with Crippen LogP contribution in [-0.2, 0) is 9.59 Å². The molecule has 1 amide bonds. The van der Waals surface area contributed by atoms with Crippen LogP contribution < -0.4 is 14.8 Å². The van der Waals surface area contributed by atoms with E-state index < -0.39 is 5.97 Å². The number of halogens is 1. The molecule has 2 N–H and O–H groups in total. The lowest BCUT2D eigenvalue weighted by Gasteiger charge is -2.12. The van der Waals surface area contributed by atoms with Gasteiger partial charge in [-0.15, -0.1) is 0 Å². The third-order valence-electron chi connectivity index (χ3n) is 3.85. The van der Waals surface area contributed by atoms with E-state index in [2.05, 4.69) is 10.3 Å². The second kappa shape index (κ2) is 9.93. The normalized spacial score (nSPS) is 16.0. The van der Waals surface area contributed by atoms with Gasteiger partial charge in [0.1, 0.15) is 5.82 Å². The van der Waals surface area contributed by atoms with Crippen molar-refractivity contribution in [3.63, 3.8) is 0 Å². The zero-order chi connectivity index (χ0) is 21.5. The molecular weight excluding hydrogens is 411 g/mol. The van der Waals surface area contributed by atoms with Gasteiger partial charge in [-0.3, -0.25) is 9.59 Å². The summed E-state index contributed by atoms with van der Waals surface area (Å²) in [7, 11) is 0. The molecule has 1 fully saturated rings. The fourth-order valence-electron chi connectivity index (χ4n) is 2.52. The summed E-state index contributed by atoms with van der Waals surface area (Å²) in [6.45, 7) is 2.25. The molecular formula is C21H19FN2O5S. The Bertz CT molecular complexity index is 1000. The van der Waals surface area contributed by atoms with Crippen LogP contribution in [0.4, 0.5) is 10.1 Å². The summed E-state index contributed by atoms with van der Waals surface area (Å²) >= 11 is 1.17. The molecule has 0 aromatic heterocycles. The molecule has 2 aromatic carbocycles. The van der Waals surface area contributed by atoms with E-state index in [0.717, 1.165) is 0 Å². The average molecular weight is 430 g/mol. The highest BCUT2D eigenvalue weighted by molar-refractivity contribution is 8.18. The Kier molecular flexibility index (Phi) is 7.08. The van der Waals surface area contributed by atoms with Crippen LogP contribution in [0.15, 0.2) is 52.4 Å². The molecule has 0 bridgehead atoms. The summed E-state index contributed by atoms with van der Waals surface area (Å²) in [6, 6.07) is 10.8. The van der Waals surface area contributed by atoms with Gasteiger partial charge in [0.05, 0.1) is 30.2 Å². The number of nitrogens with one attached hydrogen (secondary N) is 1. The number of carbonyl (C=O) groups excluding carboxylic acids is 1. The average Bonchev–Trinajstić information content (AvgIpc) is 3.04. The Hall–Kier alpha value is -3.33. The number of rotatable bonds is 8. The van der Waals surface area contributed by atoms with Gasteiger partial charge in [0.25, 0.3) is 5.91 Å². The van der Waals surface area contributed by atoms with Gasteiger partial charge >= 0.3 is 5.97 Å². The van der Waals surface area contributed by atoms with Crippen molar-refractivity contribution in [3.05, 3.63) is 58.8 Å². The molecule has 1 aliphatic heterocycles. The van der Waals surface area contributed by atoms with Crippen molar-refractivity contribution in [2.24, 2.45) is 4.99 Å². The van der Waals surface area contributed by atoms with Crippen molar-refractivity contribution in [2.75, 3.05) is 13.2 Å². The maximum atomic E-state index is 13.0. The van der Waals surface area contributed by atoms with Crippen molar-refractivity contribution in [2.45, 2.75) is 13.3 Å². The molecule has 30 heavy (non-hydrogen) atoms. The minimum absolute atomic E-state index is 0.0251. The number of carbonyl (C=O) groups is 2. The van der Waals surface area contributed by atoms with Gasteiger partial charge in [-0.25, -0.2) is 9.38 Å². The zero-order valence-electron chi connectivity index (χ0n) is 16.1. The van der Waals surface area contributed by atoms with E-state index in [-0.39, 0.29) is 24.8 Å². The molecule has 0 saturated carbocycles. The van der Waals surface area contributed by atoms with Crippen molar-refractivity contribution < 1.29 is 28.6 Å². The molecule has 0 aliphatic carbocycles. The SMILES string of the molecule is CCOc1cc(/C=C2/SC(=Nc3ccc(F)cc3)NC2=O)ccc1OCCC(=O)O. The summed E-state index contributed by atoms with van der Waals surface area (Å²) in [5, 5.41) is 11.8. The van der Waals surface area contributed by atoms with Crippen LogP contribution in [0, 0.1) is 5.82 Å². The van der Waals surface area contributed by atoms with Crippen LogP contribution in [0.25, 0.3) is 6.08 Å². The lowest BCUT2D eigenvalue weighted by atomic mass is 10.2. The van der Waals surface area contributed by atoms with Gasteiger partial charge < -0.3 is 19.9 Å². The molecule has 1 saturated heterocycles. The topological polar surface area (TPSA) is 97.2 Å². The van der Waals surface area contributed by atoms with E-state index in [4.69, 9.17) is 14.6 Å². The number of hydrogen-bond acceptors (Lipinski definition) is 6. The molecule has 3 rings (SSSR count). The second-order valence-corrected chi connectivity index (χ2v) is 7.12. The minimum atomic E-state index is -0.948. The summed E-state index contributed by atoms with van der Waals surface area (Å²) in [5.41, 5.74) is 1.24. The third-order valence-corrected chi connectivity index (χ3v) is 4.76. The van der Waals surface area contributed by atoms with E-state index in [1.165, 1.54) is 36.0 Å². The van der Waals surface area contributed by atoms with E-state index in [1.807, 2.05) is 6.92 Å². The Labute approximate surface area is 176 Å². The summed E-state index contributed by atoms with van der Waals surface area (Å²) in [4.78, 5) is 27.7. The standard InChI is InChI=1S/C21H19FN2O5S/c1-2-28-17-11-13(3-8-16(17)29-10-9-19(25)26)12-18-20(27)24-21(30-18)23-15-6-4-14(22)5-7-15/h3-8,11-12H,2,9-10H2,1H3,(H,25,26)(H,23,24,27)/b18-12+. The zero-order valence-corrected chi connectivity index (χ0v) is 16.9. The van der Waals surface area contributed by atoms with Crippen LogP contribution in [0.1, 0.15) is 18.9 Å². The Morgan fingerprint density at radius 1 is 1.20 bits per heavy atom. The van der Waals surface area contributed by atoms with E-state index in [9.17, 15) is 14.0 Å². The van der Waals surface area contributed by atoms with Gasteiger partial charge in [-0.1, -0.05) is 6.07 Å². The van der Waals surface area contributed by atoms with Crippen LogP contribution >= 0.6 is 11.8 Å². The van der Waals surface area contributed by atoms with Gasteiger partial charge in [0.2, 0.25) is 0 Å². The van der Waals surface area contributed by atoms with E-state index in [1.54, 1.807) is 24.3 Å².